The van der Waals surface area contributed by atoms with Crippen LogP contribution in [0, 0.1) is 0 Å². The van der Waals surface area contributed by atoms with Crippen molar-refractivity contribution < 1.29 is 10.2 Å². The molecule has 0 radical (unpaired) electrons. The van der Waals surface area contributed by atoms with Gasteiger partial charge in [0.1, 0.15) is 5.82 Å². The zero-order chi connectivity index (χ0) is 11.5. The normalized spacial score (nSPS) is 10.3. The van der Waals surface area contributed by atoms with Gasteiger partial charge in [0, 0.05) is 25.9 Å². The van der Waals surface area contributed by atoms with E-state index in [1.807, 2.05) is 19.3 Å². The summed E-state index contributed by atoms with van der Waals surface area (Å²) in [6, 6.07) is 6.58. The smallest absolute Gasteiger partial charge is 0.157 e. The number of nitrogens with one attached hydrogen (secondary N) is 1. The van der Waals surface area contributed by atoms with Crippen LogP contribution in [0.15, 0.2) is 30.5 Å². The van der Waals surface area contributed by atoms with E-state index in [-0.39, 0.29) is 11.5 Å². The Bertz CT molecular complexity index is 494. The second kappa shape index (κ2) is 4.14. The zero-order valence-electron chi connectivity index (χ0n) is 8.88. The minimum Gasteiger partial charge on any atom is -0.504 e. The molecule has 0 atom stereocenters. The lowest BCUT2D eigenvalue weighted by atomic mass is 10.2. The van der Waals surface area contributed by atoms with Crippen LogP contribution in [0.1, 0.15) is 5.56 Å². The van der Waals surface area contributed by atoms with Crippen molar-refractivity contribution in [2.24, 2.45) is 7.05 Å². The van der Waals surface area contributed by atoms with E-state index < -0.39 is 0 Å². The Hall–Kier alpha value is -2.17. The van der Waals surface area contributed by atoms with Gasteiger partial charge in [0.25, 0.3) is 0 Å². The third-order valence-electron chi connectivity index (χ3n) is 2.23. The predicted molar refractivity (Wildman–Crippen MR) is 60.3 cm³/mol. The molecular weight excluding hydrogens is 206 g/mol. The van der Waals surface area contributed by atoms with Crippen molar-refractivity contribution in [1.29, 1.82) is 0 Å². The Morgan fingerprint density at radius 1 is 1.25 bits per heavy atom. The van der Waals surface area contributed by atoms with Crippen molar-refractivity contribution in [3.63, 3.8) is 0 Å². The molecule has 5 nitrogen and oxygen atoms in total. The van der Waals surface area contributed by atoms with Crippen LogP contribution >= 0.6 is 0 Å². The van der Waals surface area contributed by atoms with Crippen LogP contribution in [0.3, 0.4) is 0 Å². The van der Waals surface area contributed by atoms with E-state index in [0.717, 1.165) is 11.4 Å². The van der Waals surface area contributed by atoms with Gasteiger partial charge in [-0.3, -0.25) is 4.68 Å². The van der Waals surface area contributed by atoms with Crippen LogP contribution in [0.5, 0.6) is 11.5 Å². The zero-order valence-corrected chi connectivity index (χ0v) is 8.88. The molecule has 0 amide bonds. The lowest BCUT2D eigenvalue weighted by molar-refractivity contribution is 0.403. The Kier molecular flexibility index (Phi) is 2.68. The van der Waals surface area contributed by atoms with E-state index in [1.165, 1.54) is 12.1 Å². The number of anilines is 1. The molecule has 0 aliphatic rings. The van der Waals surface area contributed by atoms with Gasteiger partial charge < -0.3 is 15.5 Å². The maximum Gasteiger partial charge on any atom is 0.157 e. The Morgan fingerprint density at radius 2 is 2.06 bits per heavy atom. The van der Waals surface area contributed by atoms with Gasteiger partial charge in [-0.2, -0.15) is 5.10 Å². The van der Waals surface area contributed by atoms with Gasteiger partial charge in [0.05, 0.1) is 0 Å². The molecule has 0 saturated heterocycles. The average Bonchev–Trinajstić information content (AvgIpc) is 2.66. The molecule has 1 heterocycles. The highest BCUT2D eigenvalue weighted by Crippen LogP contribution is 2.25. The summed E-state index contributed by atoms with van der Waals surface area (Å²) in [5.41, 5.74) is 0.876. The molecule has 2 rings (SSSR count). The van der Waals surface area contributed by atoms with Crippen LogP contribution < -0.4 is 5.32 Å². The van der Waals surface area contributed by atoms with Gasteiger partial charge >= 0.3 is 0 Å². The van der Waals surface area contributed by atoms with Crippen LogP contribution in [-0.2, 0) is 13.6 Å². The lowest BCUT2D eigenvalue weighted by Gasteiger charge is -2.04. The SMILES string of the molecule is Cn1ccc(NCc2ccc(O)c(O)c2)n1. The van der Waals surface area contributed by atoms with E-state index >= 15 is 0 Å². The molecule has 0 unspecified atom stereocenters. The number of phenols is 2. The molecule has 3 N–H and O–H groups in total. The van der Waals surface area contributed by atoms with Gasteiger partial charge in [0.2, 0.25) is 0 Å². The second-order valence-electron chi connectivity index (χ2n) is 3.55. The van der Waals surface area contributed by atoms with Gasteiger partial charge in [-0.05, 0) is 17.7 Å². The Balaban J connectivity index is 2.02. The first-order valence-electron chi connectivity index (χ1n) is 4.89. The molecule has 84 valence electrons. The molecular formula is C11H13N3O2. The Labute approximate surface area is 93.0 Å². The van der Waals surface area contributed by atoms with Crippen molar-refractivity contribution in [1.82, 2.24) is 9.78 Å². The molecule has 0 bridgehead atoms. The van der Waals surface area contributed by atoms with E-state index in [1.54, 1.807) is 10.7 Å². The first-order chi connectivity index (χ1) is 7.65. The van der Waals surface area contributed by atoms with E-state index in [0.29, 0.717) is 6.54 Å². The van der Waals surface area contributed by atoms with Gasteiger partial charge in [-0.1, -0.05) is 6.07 Å². The topological polar surface area (TPSA) is 70.3 Å². The number of nitrogens with zero attached hydrogens (tertiary/aromatic N) is 2. The molecule has 0 saturated carbocycles. The summed E-state index contributed by atoms with van der Waals surface area (Å²) in [6.45, 7) is 0.546. The first-order valence-corrected chi connectivity index (χ1v) is 4.89. The fourth-order valence-electron chi connectivity index (χ4n) is 1.38. The maximum absolute atomic E-state index is 9.30. The van der Waals surface area contributed by atoms with Gasteiger partial charge in [-0.25, -0.2) is 0 Å². The monoisotopic (exact) mass is 219 g/mol. The van der Waals surface area contributed by atoms with E-state index in [9.17, 15) is 5.11 Å². The second-order valence-corrected chi connectivity index (χ2v) is 3.55. The number of aryl methyl sites for hydroxylation is 1. The van der Waals surface area contributed by atoms with Crippen LogP contribution in [0.4, 0.5) is 5.82 Å². The van der Waals surface area contributed by atoms with E-state index in [2.05, 4.69) is 10.4 Å². The highest BCUT2D eigenvalue weighted by molar-refractivity contribution is 5.42. The van der Waals surface area contributed by atoms with Crippen LogP contribution in [0.2, 0.25) is 0 Å². The molecule has 1 aromatic heterocycles. The third-order valence-corrected chi connectivity index (χ3v) is 2.23. The minimum absolute atomic E-state index is 0.110. The summed E-state index contributed by atoms with van der Waals surface area (Å²) < 4.78 is 1.70. The fourth-order valence-corrected chi connectivity index (χ4v) is 1.38. The molecule has 1 aromatic carbocycles. The number of rotatable bonds is 3. The van der Waals surface area contributed by atoms with Crippen molar-refractivity contribution >= 4 is 5.82 Å². The van der Waals surface area contributed by atoms with Crippen molar-refractivity contribution in [2.75, 3.05) is 5.32 Å². The van der Waals surface area contributed by atoms with Crippen LogP contribution in [-0.4, -0.2) is 20.0 Å². The number of phenolic OH excluding ortho intramolecular Hbond substituents is 2. The summed E-state index contributed by atoms with van der Waals surface area (Å²) >= 11 is 0. The number of benzene rings is 1. The highest BCUT2D eigenvalue weighted by Gasteiger charge is 2.01. The van der Waals surface area contributed by atoms with Crippen LogP contribution in [0.25, 0.3) is 0 Å². The average molecular weight is 219 g/mol. The molecule has 2 aromatic rings. The Morgan fingerprint density at radius 3 is 2.69 bits per heavy atom. The molecule has 0 spiro atoms. The largest absolute Gasteiger partial charge is 0.504 e. The standard InChI is InChI=1S/C11H13N3O2/c1-14-5-4-11(13-14)12-7-8-2-3-9(15)10(16)6-8/h2-6,15-16H,7H2,1H3,(H,12,13). The molecule has 0 fully saturated rings. The molecule has 0 aliphatic heterocycles. The molecule has 16 heavy (non-hydrogen) atoms. The third kappa shape index (κ3) is 2.25. The predicted octanol–water partition coefficient (Wildman–Crippen LogP) is 1.44. The van der Waals surface area contributed by atoms with Crippen molar-refractivity contribution in [2.45, 2.75) is 6.54 Å². The van der Waals surface area contributed by atoms with Crippen molar-refractivity contribution in [3.05, 3.63) is 36.0 Å². The summed E-state index contributed by atoms with van der Waals surface area (Å²) in [6.07, 6.45) is 1.84. The first kappa shape index (κ1) is 10.4. The summed E-state index contributed by atoms with van der Waals surface area (Å²) in [5, 5.41) is 25.7. The number of aromatic nitrogens is 2. The lowest BCUT2D eigenvalue weighted by Crippen LogP contribution is -2.00. The number of hydrogen-bond acceptors (Lipinski definition) is 4. The summed E-state index contributed by atoms with van der Waals surface area (Å²) in [7, 11) is 1.84. The molecule has 0 aliphatic carbocycles. The summed E-state index contributed by atoms with van der Waals surface area (Å²) in [4.78, 5) is 0. The quantitative estimate of drug-likeness (QED) is 0.683. The van der Waals surface area contributed by atoms with Gasteiger partial charge in [0.15, 0.2) is 11.5 Å². The number of aromatic hydroxyl groups is 2. The maximum atomic E-state index is 9.30. The number of hydrogen-bond donors (Lipinski definition) is 3. The van der Waals surface area contributed by atoms with Crippen molar-refractivity contribution in [3.8, 4) is 11.5 Å². The van der Waals surface area contributed by atoms with E-state index in [4.69, 9.17) is 5.11 Å². The fraction of sp³-hybridized carbons (Fsp3) is 0.182. The highest BCUT2D eigenvalue weighted by atomic mass is 16.3. The summed E-state index contributed by atoms with van der Waals surface area (Å²) in [5.74, 6) is 0.553. The molecule has 5 heteroatoms. The minimum atomic E-state index is -0.111. The van der Waals surface area contributed by atoms with Gasteiger partial charge in [-0.15, -0.1) is 0 Å².